The fourth-order valence-corrected chi connectivity index (χ4v) is 4.72. The van der Waals surface area contributed by atoms with Crippen LogP contribution in [0.2, 0.25) is 10.0 Å². The lowest BCUT2D eigenvalue weighted by atomic mass is 10.1. The van der Waals surface area contributed by atoms with Crippen molar-refractivity contribution >= 4 is 34.9 Å². The van der Waals surface area contributed by atoms with Gasteiger partial charge in [0.1, 0.15) is 5.82 Å². The van der Waals surface area contributed by atoms with Crippen LogP contribution in [0.4, 0.5) is 10.2 Å². The number of pyridine rings is 1. The molecule has 3 heterocycles. The van der Waals surface area contributed by atoms with E-state index in [1.165, 1.54) is 12.1 Å². The van der Waals surface area contributed by atoms with Gasteiger partial charge in [-0.25, -0.2) is 9.37 Å². The van der Waals surface area contributed by atoms with Crippen molar-refractivity contribution in [3.8, 4) is 16.9 Å². The van der Waals surface area contributed by atoms with Crippen molar-refractivity contribution in [2.75, 3.05) is 25.0 Å². The number of nitrogens with one attached hydrogen (secondary N) is 2. The fraction of sp³-hybridized carbons (Fsp3) is 0.423. The third kappa shape index (κ3) is 6.55. The van der Waals surface area contributed by atoms with Gasteiger partial charge in [0.25, 0.3) is 0 Å². The Morgan fingerprint density at radius 3 is 2.83 bits per heavy atom. The minimum absolute atomic E-state index is 0.0172. The highest BCUT2D eigenvalue weighted by molar-refractivity contribution is 6.36. The van der Waals surface area contributed by atoms with Crippen molar-refractivity contribution in [2.45, 2.75) is 51.5 Å². The molecule has 1 amide bonds. The number of benzene rings is 1. The number of nitrogens with zero attached hydrogens (tertiary/aromatic N) is 3. The highest BCUT2D eigenvalue weighted by Gasteiger charge is 2.18. The molecule has 10 heteroatoms. The van der Waals surface area contributed by atoms with Gasteiger partial charge in [0.05, 0.1) is 23.9 Å². The van der Waals surface area contributed by atoms with Gasteiger partial charge in [-0.2, -0.15) is 5.10 Å². The van der Waals surface area contributed by atoms with Crippen molar-refractivity contribution in [3.63, 3.8) is 0 Å². The number of aromatic nitrogens is 3. The van der Waals surface area contributed by atoms with Crippen molar-refractivity contribution in [1.29, 1.82) is 0 Å². The molecule has 0 spiro atoms. The van der Waals surface area contributed by atoms with Crippen molar-refractivity contribution in [3.05, 3.63) is 58.2 Å². The molecule has 0 unspecified atom stereocenters. The van der Waals surface area contributed by atoms with Crippen LogP contribution in [-0.2, 0) is 11.2 Å². The summed E-state index contributed by atoms with van der Waals surface area (Å²) in [5, 5.41) is 11.1. The summed E-state index contributed by atoms with van der Waals surface area (Å²) in [5.41, 5.74) is 2.20. The van der Waals surface area contributed by atoms with Gasteiger partial charge < -0.3 is 15.4 Å². The quantitative estimate of drug-likeness (QED) is 0.309. The molecule has 1 saturated heterocycles. The summed E-state index contributed by atoms with van der Waals surface area (Å²) in [6, 6.07) is 4.90. The summed E-state index contributed by atoms with van der Waals surface area (Å²) >= 11 is 12.3. The van der Waals surface area contributed by atoms with Crippen molar-refractivity contribution in [1.82, 2.24) is 20.1 Å². The minimum Gasteiger partial charge on any atom is -0.489 e. The molecule has 0 bridgehead atoms. The standard InChI is InChI=1S/C26H30Cl2FN5O2/c1-2-3-4-24(35)33-26-23(36-12-9-20-21(27)5-6-22(29)25(20)28)13-17(14-31-26)18-15-32-34(16-18)19-7-10-30-11-8-19/h5-6,13-16,19,30H,2-4,7-12H2,1H3,(H,31,33,35). The molecule has 0 atom stereocenters. The first kappa shape index (κ1) is 26.4. The lowest BCUT2D eigenvalue weighted by Gasteiger charge is -2.22. The Balaban J connectivity index is 1.54. The number of unbranched alkanes of at least 4 members (excludes halogenated alkanes) is 1. The first-order valence-electron chi connectivity index (χ1n) is 12.3. The van der Waals surface area contributed by atoms with E-state index in [0.717, 1.165) is 49.9 Å². The van der Waals surface area contributed by atoms with Gasteiger partial charge in [-0.05, 0) is 56.1 Å². The third-order valence-corrected chi connectivity index (χ3v) is 7.00. The Labute approximate surface area is 220 Å². The van der Waals surface area contributed by atoms with E-state index in [1.54, 1.807) is 6.20 Å². The number of rotatable bonds is 10. The smallest absolute Gasteiger partial charge is 0.225 e. The average molecular weight is 534 g/mol. The van der Waals surface area contributed by atoms with E-state index in [-0.39, 0.29) is 24.0 Å². The molecule has 2 aromatic heterocycles. The van der Waals surface area contributed by atoms with E-state index >= 15 is 0 Å². The molecule has 192 valence electrons. The van der Waals surface area contributed by atoms with Crippen LogP contribution in [0.1, 0.15) is 50.6 Å². The monoisotopic (exact) mass is 533 g/mol. The number of halogens is 3. The molecular weight excluding hydrogens is 504 g/mol. The second-order valence-corrected chi connectivity index (χ2v) is 9.62. The first-order valence-corrected chi connectivity index (χ1v) is 13.0. The summed E-state index contributed by atoms with van der Waals surface area (Å²) in [6.07, 6.45) is 9.98. The zero-order valence-electron chi connectivity index (χ0n) is 20.2. The SMILES string of the molecule is CCCCC(=O)Nc1ncc(-c2cnn(C3CCNCC3)c2)cc1OCCc1c(Cl)ccc(F)c1Cl. The number of carbonyl (C=O) groups excluding carboxylic acids is 1. The molecule has 1 aromatic carbocycles. The second kappa shape index (κ2) is 12.5. The van der Waals surface area contributed by atoms with Gasteiger partial charge in [0.15, 0.2) is 11.6 Å². The van der Waals surface area contributed by atoms with Crippen LogP contribution >= 0.6 is 23.2 Å². The van der Waals surface area contributed by atoms with Crippen LogP contribution in [0.15, 0.2) is 36.8 Å². The van der Waals surface area contributed by atoms with Crippen LogP contribution in [-0.4, -0.2) is 40.4 Å². The minimum atomic E-state index is -0.533. The highest BCUT2D eigenvalue weighted by Crippen LogP contribution is 2.32. The van der Waals surface area contributed by atoms with Crippen molar-refractivity contribution < 1.29 is 13.9 Å². The van der Waals surface area contributed by atoms with Crippen LogP contribution in [0.25, 0.3) is 11.1 Å². The number of hydrogen-bond acceptors (Lipinski definition) is 5. The molecule has 0 aliphatic carbocycles. The van der Waals surface area contributed by atoms with Gasteiger partial charge in [0, 0.05) is 41.4 Å². The second-order valence-electron chi connectivity index (χ2n) is 8.83. The van der Waals surface area contributed by atoms with E-state index in [1.807, 2.05) is 30.1 Å². The Hall–Kier alpha value is -2.68. The van der Waals surface area contributed by atoms with Crippen LogP contribution < -0.4 is 15.4 Å². The summed E-state index contributed by atoms with van der Waals surface area (Å²) in [6.45, 7) is 4.15. The van der Waals surface area contributed by atoms with E-state index in [0.29, 0.717) is 34.6 Å². The third-order valence-electron chi connectivity index (χ3n) is 6.23. The predicted octanol–water partition coefficient (Wildman–Crippen LogP) is 6.07. The number of carbonyl (C=O) groups is 1. The topological polar surface area (TPSA) is 81.1 Å². The summed E-state index contributed by atoms with van der Waals surface area (Å²) in [4.78, 5) is 16.9. The number of anilines is 1. The maximum absolute atomic E-state index is 13.9. The Morgan fingerprint density at radius 2 is 2.06 bits per heavy atom. The Kier molecular flexibility index (Phi) is 9.18. The lowest BCUT2D eigenvalue weighted by molar-refractivity contribution is -0.116. The Bertz CT molecular complexity index is 1200. The molecule has 7 nitrogen and oxygen atoms in total. The van der Waals surface area contributed by atoms with Gasteiger partial charge in [0.2, 0.25) is 5.91 Å². The number of amides is 1. The molecule has 36 heavy (non-hydrogen) atoms. The molecule has 1 aliphatic heterocycles. The fourth-order valence-electron chi connectivity index (χ4n) is 4.16. The van der Waals surface area contributed by atoms with Gasteiger partial charge in [-0.1, -0.05) is 36.5 Å². The van der Waals surface area contributed by atoms with E-state index < -0.39 is 5.82 Å². The average Bonchev–Trinajstić information content (AvgIpc) is 3.39. The maximum Gasteiger partial charge on any atom is 0.225 e. The number of hydrogen-bond donors (Lipinski definition) is 2. The number of ether oxygens (including phenoxy) is 1. The molecule has 0 radical (unpaired) electrons. The summed E-state index contributed by atoms with van der Waals surface area (Å²) < 4.78 is 21.9. The molecule has 1 aliphatic rings. The first-order chi connectivity index (χ1) is 17.5. The van der Waals surface area contributed by atoms with Gasteiger partial charge in [-0.15, -0.1) is 0 Å². The molecule has 4 rings (SSSR count). The van der Waals surface area contributed by atoms with E-state index in [9.17, 15) is 9.18 Å². The molecule has 1 fully saturated rings. The molecule has 2 N–H and O–H groups in total. The van der Waals surface area contributed by atoms with E-state index in [2.05, 4.69) is 20.7 Å². The van der Waals surface area contributed by atoms with Crippen molar-refractivity contribution in [2.24, 2.45) is 0 Å². The van der Waals surface area contributed by atoms with Crippen LogP contribution in [0.5, 0.6) is 5.75 Å². The largest absolute Gasteiger partial charge is 0.489 e. The number of piperidine rings is 1. The van der Waals surface area contributed by atoms with Gasteiger partial charge >= 0.3 is 0 Å². The summed E-state index contributed by atoms with van der Waals surface area (Å²) in [5.74, 6) is 0.0870. The Morgan fingerprint density at radius 1 is 1.25 bits per heavy atom. The maximum atomic E-state index is 13.9. The molecule has 0 saturated carbocycles. The zero-order chi connectivity index (χ0) is 25.5. The molecule has 3 aromatic rings. The zero-order valence-corrected chi connectivity index (χ0v) is 21.7. The normalized spacial score (nSPS) is 14.1. The van der Waals surface area contributed by atoms with Gasteiger partial charge in [-0.3, -0.25) is 9.48 Å². The molecular formula is C26H30Cl2FN5O2. The van der Waals surface area contributed by atoms with E-state index in [4.69, 9.17) is 27.9 Å². The highest BCUT2D eigenvalue weighted by atomic mass is 35.5. The van der Waals surface area contributed by atoms with Crippen LogP contribution in [0.3, 0.4) is 0 Å². The van der Waals surface area contributed by atoms with Crippen LogP contribution in [0, 0.1) is 5.82 Å². The lowest BCUT2D eigenvalue weighted by Crippen LogP contribution is -2.29. The predicted molar refractivity (Wildman–Crippen MR) is 140 cm³/mol. The summed E-state index contributed by atoms with van der Waals surface area (Å²) in [7, 11) is 0.